The summed E-state index contributed by atoms with van der Waals surface area (Å²) in [5, 5.41) is 2.42. The number of aromatic nitrogens is 4. The second-order valence-electron chi connectivity index (χ2n) is 27.4. The highest BCUT2D eigenvalue weighted by Crippen LogP contribution is 2.46. The number of hydrogen-bond donors (Lipinski definition) is 0. The van der Waals surface area contributed by atoms with Crippen LogP contribution in [0.3, 0.4) is 0 Å². The number of hydrogen-bond acceptors (Lipinski definition) is 2. The summed E-state index contributed by atoms with van der Waals surface area (Å²) in [5.74, 6) is 2.43. The molecule has 0 spiro atoms. The lowest BCUT2D eigenvalue weighted by molar-refractivity contribution is -0.611. The summed E-state index contributed by atoms with van der Waals surface area (Å²) >= 11 is 0. The van der Waals surface area contributed by atoms with Gasteiger partial charge in [0.25, 0.3) is 6.33 Å². The lowest BCUT2D eigenvalue weighted by Gasteiger charge is -2.35. The van der Waals surface area contributed by atoms with E-state index in [1.165, 1.54) is 49.8 Å². The van der Waals surface area contributed by atoms with E-state index in [4.69, 9.17) is 9.72 Å². The van der Waals surface area contributed by atoms with E-state index in [1.54, 1.807) is 0 Å². The van der Waals surface area contributed by atoms with Gasteiger partial charge in [-0.25, -0.2) is 4.98 Å². The van der Waals surface area contributed by atoms with Gasteiger partial charge in [-0.2, -0.15) is 0 Å². The first kappa shape index (κ1) is 53.1. The molecule has 0 unspecified atom stereocenters. The molecule has 0 aliphatic rings. The van der Waals surface area contributed by atoms with Gasteiger partial charge in [-0.1, -0.05) is 216 Å². The van der Waals surface area contributed by atoms with E-state index in [1.807, 2.05) is 6.20 Å². The Morgan fingerprint density at radius 3 is 1.52 bits per heavy atom. The van der Waals surface area contributed by atoms with Crippen LogP contribution in [0.15, 0.2) is 152 Å². The van der Waals surface area contributed by atoms with Crippen molar-refractivity contribution in [1.82, 2.24) is 14.1 Å². The number of imidazole rings is 1. The summed E-state index contributed by atoms with van der Waals surface area (Å²) in [6.45, 7) is 44.0. The second-order valence-corrected chi connectivity index (χ2v) is 27.4. The molecule has 0 aliphatic carbocycles. The third-order valence-corrected chi connectivity index (χ3v) is 15.6. The smallest absolute Gasteiger partial charge is 0.269 e. The highest BCUT2D eigenvalue weighted by molar-refractivity contribution is 6.11. The molecule has 0 atom stereocenters. The minimum atomic E-state index is -0.504. The Morgan fingerprint density at radius 1 is 0.440 bits per heavy atom. The van der Waals surface area contributed by atoms with Crippen LogP contribution in [0.4, 0.5) is 0 Å². The molecule has 0 saturated heterocycles. The highest BCUT2D eigenvalue weighted by atomic mass is 16.5. The Kier molecular flexibility index (Phi) is 13.1. The van der Waals surface area contributed by atoms with Crippen molar-refractivity contribution in [2.24, 2.45) is 0 Å². The fourth-order valence-corrected chi connectivity index (χ4v) is 10.8. The summed E-state index contributed by atoms with van der Waals surface area (Å²) in [6.07, 6.45) is 6.09. The number of ether oxygens (including phenoxy) is 1. The van der Waals surface area contributed by atoms with E-state index >= 15 is 0 Å². The number of nitrogens with zero attached hydrogens (tertiary/aromatic N) is 4. The summed E-state index contributed by atoms with van der Waals surface area (Å²) in [7, 11) is 0. The molecule has 0 N–H and O–H groups in total. The molecule has 0 aliphatic heterocycles. The molecule has 0 radical (unpaired) electrons. The Morgan fingerprint density at radius 2 is 0.960 bits per heavy atom. The van der Waals surface area contributed by atoms with Gasteiger partial charge >= 0.3 is 0 Å². The monoisotopic (exact) mass is 995 g/mol. The van der Waals surface area contributed by atoms with Gasteiger partial charge in [0.1, 0.15) is 17.3 Å². The molecular formula is C70H82N4O. The van der Waals surface area contributed by atoms with Gasteiger partial charge in [0.15, 0.2) is 0 Å². The summed E-state index contributed by atoms with van der Waals surface area (Å²) in [6, 6.07) is 53.7. The van der Waals surface area contributed by atoms with E-state index < -0.39 is 10.8 Å². The molecule has 0 saturated carbocycles. The molecule has 5 nitrogen and oxygen atoms in total. The van der Waals surface area contributed by atoms with Gasteiger partial charge < -0.3 is 4.74 Å². The van der Waals surface area contributed by atoms with Gasteiger partial charge in [-0.05, 0) is 121 Å². The van der Waals surface area contributed by atoms with Crippen molar-refractivity contribution in [2.75, 3.05) is 0 Å². The van der Waals surface area contributed by atoms with Crippen molar-refractivity contribution in [3.8, 4) is 28.7 Å². The van der Waals surface area contributed by atoms with E-state index in [0.29, 0.717) is 0 Å². The molecule has 9 rings (SSSR count). The highest BCUT2D eigenvalue weighted by Gasteiger charge is 2.41. The zero-order valence-electron chi connectivity index (χ0n) is 48.6. The fraction of sp³-hybridized carbons (Fsp3) is 0.371. The normalized spacial score (nSPS) is 13.3. The Bertz CT molecular complexity index is 3540. The van der Waals surface area contributed by atoms with Crippen LogP contribution < -0.4 is 9.30 Å². The molecule has 3 heterocycles. The number of fused-ring (bicyclic) bond motifs is 3. The molecule has 0 bridgehead atoms. The topological polar surface area (TPSA) is 35.9 Å². The Hall–Kier alpha value is -6.72. The molecule has 6 aromatic carbocycles. The van der Waals surface area contributed by atoms with Crippen LogP contribution in [-0.2, 0) is 37.9 Å². The molecule has 3 aromatic heterocycles. The van der Waals surface area contributed by atoms with Gasteiger partial charge in [-0.15, -0.1) is 0 Å². The predicted molar refractivity (Wildman–Crippen MR) is 315 cm³/mol. The van der Waals surface area contributed by atoms with Crippen LogP contribution in [0, 0.1) is 6.33 Å². The predicted octanol–water partition coefficient (Wildman–Crippen LogP) is 18.0. The van der Waals surface area contributed by atoms with Crippen LogP contribution in [0.1, 0.15) is 182 Å². The lowest BCUT2D eigenvalue weighted by Crippen LogP contribution is -2.43. The third kappa shape index (κ3) is 10.1. The minimum absolute atomic E-state index is 0.0481. The first-order valence-corrected chi connectivity index (χ1v) is 27.1. The van der Waals surface area contributed by atoms with Crippen LogP contribution in [0.5, 0.6) is 11.5 Å². The van der Waals surface area contributed by atoms with Crippen molar-refractivity contribution in [1.29, 1.82) is 0 Å². The Labute approximate surface area is 449 Å². The first-order valence-electron chi connectivity index (χ1n) is 27.1. The van der Waals surface area contributed by atoms with E-state index in [2.05, 4.69) is 297 Å². The average molecular weight is 995 g/mol. The molecule has 0 fully saturated rings. The van der Waals surface area contributed by atoms with Crippen LogP contribution in [-0.4, -0.2) is 14.1 Å². The fourth-order valence-electron chi connectivity index (χ4n) is 10.8. The number of para-hydroxylation sites is 1. The average Bonchev–Trinajstić information content (AvgIpc) is 3.91. The van der Waals surface area contributed by atoms with Gasteiger partial charge in [0, 0.05) is 33.9 Å². The van der Waals surface area contributed by atoms with Crippen molar-refractivity contribution < 1.29 is 9.30 Å². The first-order chi connectivity index (χ1) is 34.8. The maximum atomic E-state index is 7.39. The molecule has 5 heteroatoms. The SMILES string of the molecule is CC(C)(C)c1cc(Oc2cc(C(C)(C)C)c3c4ccccc4n(-c4cc(C(C)(C)C)ccn4)c3c2)cc(-n2[c-][n+](-c3cc(C(C)(C)C)cc(C(C)(C)C)c3)c(C(C)(C)c3ccccc3)c2C(C)(C)c2ccccc2)c1. The lowest BCUT2D eigenvalue weighted by atomic mass is 9.73. The zero-order chi connectivity index (χ0) is 54.4. The maximum absolute atomic E-state index is 7.39. The third-order valence-electron chi connectivity index (χ3n) is 15.6. The Balaban J connectivity index is 1.36. The standard InChI is InChI=1S/C70H82N4O/c1-64(2,3)48-34-35-71-60(41-48)74-58-33-27-26-32-56(58)61-57(68(13,14)15)43-55(44-59(61)74)75-54-40-51(67(10,11)12)39-53(42-54)73-45-72(52-37-49(65(4,5)6)36-50(38-52)66(7,8)9)62(69(16,17)46-28-22-20-23-29-46)63(73)70(18,19)47-30-24-21-25-31-47/h20-44H,1-19H3. The molecular weight excluding hydrogens is 913 g/mol. The van der Waals surface area contributed by atoms with Gasteiger partial charge in [0.05, 0.1) is 33.8 Å². The van der Waals surface area contributed by atoms with Crippen molar-refractivity contribution in [2.45, 2.75) is 169 Å². The van der Waals surface area contributed by atoms with E-state index in [0.717, 1.165) is 51.0 Å². The summed E-state index contributed by atoms with van der Waals surface area (Å²) in [5.41, 5.74) is 13.6. The van der Waals surface area contributed by atoms with E-state index in [-0.39, 0.29) is 27.1 Å². The van der Waals surface area contributed by atoms with Crippen molar-refractivity contribution >= 4 is 21.8 Å². The molecule has 75 heavy (non-hydrogen) atoms. The minimum Gasteiger partial charge on any atom is -0.458 e. The van der Waals surface area contributed by atoms with E-state index in [9.17, 15) is 0 Å². The van der Waals surface area contributed by atoms with Crippen LogP contribution in [0.25, 0.3) is 39.0 Å². The number of benzene rings is 6. The summed E-state index contributed by atoms with van der Waals surface area (Å²) < 4.78 is 14.5. The zero-order valence-corrected chi connectivity index (χ0v) is 48.6. The van der Waals surface area contributed by atoms with Gasteiger partial charge in [-0.3, -0.25) is 13.7 Å². The van der Waals surface area contributed by atoms with Crippen molar-refractivity contribution in [3.63, 3.8) is 0 Å². The van der Waals surface area contributed by atoms with Crippen LogP contribution >= 0.6 is 0 Å². The molecule has 9 aromatic rings. The van der Waals surface area contributed by atoms with Gasteiger partial charge in [0.2, 0.25) is 0 Å². The molecule has 388 valence electrons. The number of rotatable bonds is 9. The second kappa shape index (κ2) is 18.5. The van der Waals surface area contributed by atoms with Crippen LogP contribution in [0.2, 0.25) is 0 Å². The largest absolute Gasteiger partial charge is 0.458 e. The number of pyridine rings is 1. The summed E-state index contributed by atoms with van der Waals surface area (Å²) in [4.78, 5) is 5.05. The maximum Gasteiger partial charge on any atom is 0.269 e. The van der Waals surface area contributed by atoms with Crippen molar-refractivity contribution in [3.05, 3.63) is 208 Å². The quantitative estimate of drug-likeness (QED) is 0.107. The molecule has 0 amide bonds.